The van der Waals surface area contributed by atoms with Gasteiger partial charge < -0.3 is 10.1 Å². The topological polar surface area (TPSA) is 34.1 Å². The number of rotatable bonds is 8. The monoisotopic (exact) mass is 304 g/mol. The first-order valence-electron chi connectivity index (χ1n) is 7.56. The molecule has 2 unspecified atom stereocenters. The summed E-state index contributed by atoms with van der Waals surface area (Å²) >= 11 is 1.72. The number of aromatic nitrogens is 1. The van der Waals surface area contributed by atoms with E-state index in [1.54, 1.807) is 11.3 Å². The average Bonchev–Trinajstić information content (AvgIpc) is 3.05. The van der Waals surface area contributed by atoms with Gasteiger partial charge in [-0.3, -0.25) is 0 Å². The van der Waals surface area contributed by atoms with Crippen LogP contribution in [0.1, 0.15) is 49.7 Å². The minimum absolute atomic E-state index is 0.327. The van der Waals surface area contributed by atoms with Crippen LogP contribution in [0, 0.1) is 0 Å². The number of hydrogen-bond donors (Lipinski definition) is 1. The molecule has 0 fully saturated rings. The van der Waals surface area contributed by atoms with Crippen molar-refractivity contribution in [2.75, 3.05) is 13.2 Å². The molecule has 0 aliphatic rings. The van der Waals surface area contributed by atoms with Crippen molar-refractivity contribution >= 4 is 11.3 Å². The zero-order chi connectivity index (χ0) is 15.1. The number of thiazole rings is 1. The molecule has 4 heteroatoms. The highest BCUT2D eigenvalue weighted by Crippen LogP contribution is 2.20. The summed E-state index contributed by atoms with van der Waals surface area (Å²) in [6, 6.07) is 8.70. The molecule has 0 bridgehead atoms. The first-order valence-corrected chi connectivity index (χ1v) is 8.44. The van der Waals surface area contributed by atoms with Gasteiger partial charge in [0.15, 0.2) is 0 Å². The third-order valence-electron chi connectivity index (χ3n) is 3.46. The van der Waals surface area contributed by atoms with Crippen LogP contribution in [0.4, 0.5) is 0 Å². The Morgan fingerprint density at radius 2 is 2.00 bits per heavy atom. The van der Waals surface area contributed by atoms with Crippen molar-refractivity contribution in [2.24, 2.45) is 0 Å². The average molecular weight is 304 g/mol. The van der Waals surface area contributed by atoms with Crippen LogP contribution in [0.5, 0.6) is 5.75 Å². The normalized spacial score (nSPS) is 13.9. The van der Waals surface area contributed by atoms with Crippen LogP contribution >= 0.6 is 11.3 Å². The second-order valence-corrected chi connectivity index (χ2v) is 6.24. The highest BCUT2D eigenvalue weighted by atomic mass is 32.1. The fraction of sp³-hybridized carbons (Fsp3) is 0.471. The van der Waals surface area contributed by atoms with Crippen molar-refractivity contribution in [3.63, 3.8) is 0 Å². The first kappa shape index (κ1) is 16.0. The summed E-state index contributed by atoms with van der Waals surface area (Å²) in [6.45, 7) is 8.22. The van der Waals surface area contributed by atoms with Crippen molar-refractivity contribution in [2.45, 2.75) is 39.2 Å². The largest absolute Gasteiger partial charge is 0.494 e. The molecule has 0 saturated heterocycles. The van der Waals surface area contributed by atoms with Crippen LogP contribution in [0.25, 0.3) is 0 Å². The van der Waals surface area contributed by atoms with Gasteiger partial charge in [0.25, 0.3) is 0 Å². The van der Waals surface area contributed by atoms with E-state index in [0.29, 0.717) is 12.0 Å². The lowest BCUT2D eigenvalue weighted by atomic mass is 10.1. The van der Waals surface area contributed by atoms with Crippen LogP contribution in [0.3, 0.4) is 0 Å². The molecule has 21 heavy (non-hydrogen) atoms. The van der Waals surface area contributed by atoms with Gasteiger partial charge in [0.05, 0.1) is 11.6 Å². The van der Waals surface area contributed by atoms with E-state index in [0.717, 1.165) is 25.3 Å². The van der Waals surface area contributed by atoms with Gasteiger partial charge in [0.2, 0.25) is 0 Å². The standard InChI is InChI=1S/C17H24N2OS/c1-4-10-20-16-7-5-15(6-8-16)14(3)19-12-13(2)17-18-9-11-21-17/h5-9,11,13-14,19H,4,10,12H2,1-3H3. The first-order chi connectivity index (χ1) is 10.2. The SMILES string of the molecule is CCCOc1ccc(C(C)NCC(C)c2nccs2)cc1. The molecular weight excluding hydrogens is 280 g/mol. The molecule has 0 aliphatic heterocycles. The molecule has 1 heterocycles. The molecule has 0 radical (unpaired) electrons. The molecule has 3 nitrogen and oxygen atoms in total. The maximum atomic E-state index is 5.61. The Morgan fingerprint density at radius 3 is 2.62 bits per heavy atom. The Kier molecular flexibility index (Phi) is 6.21. The fourth-order valence-corrected chi connectivity index (χ4v) is 2.81. The maximum absolute atomic E-state index is 5.61. The quantitative estimate of drug-likeness (QED) is 0.785. The molecule has 1 N–H and O–H groups in total. The van der Waals surface area contributed by atoms with E-state index in [1.165, 1.54) is 10.6 Å². The number of nitrogens with zero attached hydrogens (tertiary/aromatic N) is 1. The van der Waals surface area contributed by atoms with Crippen molar-refractivity contribution in [3.8, 4) is 5.75 Å². The molecular formula is C17H24N2OS. The predicted octanol–water partition coefficient (Wildman–Crippen LogP) is 4.39. The number of benzene rings is 1. The fourth-order valence-electron chi connectivity index (χ4n) is 2.11. The highest BCUT2D eigenvalue weighted by Gasteiger charge is 2.11. The van der Waals surface area contributed by atoms with Crippen molar-refractivity contribution < 1.29 is 4.74 Å². The van der Waals surface area contributed by atoms with Crippen molar-refractivity contribution in [3.05, 3.63) is 46.4 Å². The second-order valence-electron chi connectivity index (χ2n) is 5.32. The maximum Gasteiger partial charge on any atom is 0.119 e. The zero-order valence-corrected chi connectivity index (χ0v) is 13.8. The van der Waals surface area contributed by atoms with E-state index < -0.39 is 0 Å². The van der Waals surface area contributed by atoms with Gasteiger partial charge in [-0.1, -0.05) is 26.0 Å². The van der Waals surface area contributed by atoms with Crippen LogP contribution in [-0.4, -0.2) is 18.1 Å². The summed E-state index contributed by atoms with van der Waals surface area (Å²) in [5.41, 5.74) is 1.28. The van der Waals surface area contributed by atoms with Gasteiger partial charge in [-0.2, -0.15) is 0 Å². The van der Waals surface area contributed by atoms with E-state index in [2.05, 4.69) is 43.2 Å². The summed E-state index contributed by atoms with van der Waals surface area (Å²) in [5.74, 6) is 1.39. The molecule has 2 rings (SSSR count). The third kappa shape index (κ3) is 4.83. The van der Waals surface area contributed by atoms with Crippen LogP contribution < -0.4 is 10.1 Å². The molecule has 114 valence electrons. The summed E-state index contributed by atoms with van der Waals surface area (Å²) in [5, 5.41) is 6.80. The number of nitrogens with one attached hydrogen (secondary N) is 1. The van der Waals surface area contributed by atoms with Gasteiger partial charge in [0, 0.05) is 30.1 Å². The van der Waals surface area contributed by atoms with Crippen LogP contribution in [0.15, 0.2) is 35.8 Å². The minimum Gasteiger partial charge on any atom is -0.494 e. The van der Waals surface area contributed by atoms with E-state index in [4.69, 9.17) is 4.74 Å². The molecule has 0 spiro atoms. The number of ether oxygens (including phenoxy) is 1. The summed E-state index contributed by atoms with van der Waals surface area (Å²) in [4.78, 5) is 4.37. The molecule has 2 atom stereocenters. The molecule has 0 amide bonds. The highest BCUT2D eigenvalue weighted by molar-refractivity contribution is 7.09. The van der Waals surface area contributed by atoms with E-state index in [-0.39, 0.29) is 0 Å². The third-order valence-corrected chi connectivity index (χ3v) is 4.46. The Bertz CT molecular complexity index is 510. The van der Waals surface area contributed by atoms with E-state index in [9.17, 15) is 0 Å². The van der Waals surface area contributed by atoms with Crippen molar-refractivity contribution in [1.82, 2.24) is 10.3 Å². The van der Waals surface area contributed by atoms with Crippen molar-refractivity contribution in [1.29, 1.82) is 0 Å². The van der Waals surface area contributed by atoms with Gasteiger partial charge in [-0.25, -0.2) is 4.98 Å². The van der Waals surface area contributed by atoms with E-state index in [1.807, 2.05) is 23.7 Å². The summed E-state index contributed by atoms with van der Waals surface area (Å²) in [6.07, 6.45) is 2.91. The van der Waals surface area contributed by atoms with Gasteiger partial charge in [-0.05, 0) is 31.0 Å². The minimum atomic E-state index is 0.327. The Morgan fingerprint density at radius 1 is 1.24 bits per heavy atom. The van der Waals surface area contributed by atoms with Gasteiger partial charge in [0.1, 0.15) is 5.75 Å². The summed E-state index contributed by atoms with van der Waals surface area (Å²) < 4.78 is 5.61. The van der Waals surface area contributed by atoms with Crippen LogP contribution in [0.2, 0.25) is 0 Å². The molecule has 0 saturated carbocycles. The van der Waals surface area contributed by atoms with Gasteiger partial charge in [-0.15, -0.1) is 11.3 Å². The molecule has 2 aromatic rings. The summed E-state index contributed by atoms with van der Waals surface area (Å²) in [7, 11) is 0. The van der Waals surface area contributed by atoms with Gasteiger partial charge >= 0.3 is 0 Å². The smallest absolute Gasteiger partial charge is 0.119 e. The zero-order valence-electron chi connectivity index (χ0n) is 13.0. The predicted molar refractivity (Wildman–Crippen MR) is 89.2 cm³/mol. The number of hydrogen-bond acceptors (Lipinski definition) is 4. The van der Waals surface area contributed by atoms with E-state index >= 15 is 0 Å². The Balaban J connectivity index is 1.83. The molecule has 1 aromatic carbocycles. The molecule has 0 aliphatic carbocycles. The molecule has 1 aromatic heterocycles. The lowest BCUT2D eigenvalue weighted by Crippen LogP contribution is -2.23. The van der Waals surface area contributed by atoms with Crippen LogP contribution in [-0.2, 0) is 0 Å². The Labute approximate surface area is 131 Å². The lowest BCUT2D eigenvalue weighted by molar-refractivity contribution is 0.317. The second kappa shape index (κ2) is 8.15. The Hall–Kier alpha value is -1.39. The lowest BCUT2D eigenvalue weighted by Gasteiger charge is -2.17.